The van der Waals surface area contributed by atoms with Crippen molar-refractivity contribution in [3.63, 3.8) is 0 Å². The van der Waals surface area contributed by atoms with Gasteiger partial charge >= 0.3 is 0 Å². The highest BCUT2D eigenvalue weighted by molar-refractivity contribution is 5.55. The van der Waals surface area contributed by atoms with Crippen molar-refractivity contribution in [1.29, 1.82) is 5.26 Å². The number of hydrogen-bond donors (Lipinski definition) is 1. The van der Waals surface area contributed by atoms with Crippen molar-refractivity contribution in [2.24, 2.45) is 0 Å². The lowest BCUT2D eigenvalue weighted by atomic mass is 10.1. The van der Waals surface area contributed by atoms with Gasteiger partial charge in [0.1, 0.15) is 0 Å². The maximum Gasteiger partial charge on any atom is 0.279 e. The molecular formula is C21H20N4O. The third kappa shape index (κ3) is 3.60. The highest BCUT2D eigenvalue weighted by atomic mass is 16.1. The van der Waals surface area contributed by atoms with Gasteiger partial charge in [0.15, 0.2) is 0 Å². The summed E-state index contributed by atoms with van der Waals surface area (Å²) in [6, 6.07) is 19.4. The van der Waals surface area contributed by atoms with E-state index >= 15 is 0 Å². The highest BCUT2D eigenvalue weighted by Crippen LogP contribution is 2.14. The lowest BCUT2D eigenvalue weighted by Gasteiger charge is -2.17. The lowest BCUT2D eigenvalue weighted by Crippen LogP contribution is -2.33. The minimum Gasteiger partial charge on any atom is -0.374 e. The van der Waals surface area contributed by atoms with E-state index in [9.17, 15) is 4.79 Å². The van der Waals surface area contributed by atoms with Crippen molar-refractivity contribution in [1.82, 2.24) is 9.78 Å². The van der Waals surface area contributed by atoms with Gasteiger partial charge in [0.05, 0.1) is 28.7 Å². The van der Waals surface area contributed by atoms with Crippen molar-refractivity contribution in [3.05, 3.63) is 81.1 Å². The molecule has 3 rings (SSSR count). The van der Waals surface area contributed by atoms with Crippen LogP contribution in [0.25, 0.3) is 18.3 Å². The fourth-order valence-electron chi connectivity index (χ4n) is 2.74. The molecule has 3 aromatic rings. The highest BCUT2D eigenvalue weighted by Gasteiger charge is 2.05. The smallest absolute Gasteiger partial charge is 0.279 e. The van der Waals surface area contributed by atoms with E-state index in [1.807, 2.05) is 72.6 Å². The van der Waals surface area contributed by atoms with Crippen LogP contribution in [-0.2, 0) is 0 Å². The number of benzene rings is 2. The van der Waals surface area contributed by atoms with E-state index in [4.69, 9.17) is 5.26 Å². The number of rotatable bonds is 5. The Bertz CT molecular complexity index is 1090. The molecule has 1 heterocycles. The first-order chi connectivity index (χ1) is 12.6. The van der Waals surface area contributed by atoms with Gasteiger partial charge in [-0.3, -0.25) is 9.89 Å². The first-order valence-electron chi connectivity index (χ1n) is 8.35. The van der Waals surface area contributed by atoms with Crippen LogP contribution in [0.1, 0.15) is 12.0 Å². The summed E-state index contributed by atoms with van der Waals surface area (Å²) in [6.07, 6.45) is 2.32. The second-order valence-electron chi connectivity index (χ2n) is 6.05. The minimum atomic E-state index is -0.128. The summed E-state index contributed by atoms with van der Waals surface area (Å²) >= 11 is 0. The van der Waals surface area contributed by atoms with Crippen molar-refractivity contribution >= 4 is 18.3 Å². The Kier molecular flexibility index (Phi) is 5.04. The van der Waals surface area contributed by atoms with E-state index in [1.54, 1.807) is 0 Å². The Balaban J connectivity index is 1.94. The van der Waals surface area contributed by atoms with Gasteiger partial charge in [-0.05, 0) is 35.9 Å². The van der Waals surface area contributed by atoms with Gasteiger partial charge in [-0.25, -0.2) is 4.68 Å². The van der Waals surface area contributed by atoms with Crippen LogP contribution in [0.3, 0.4) is 0 Å². The standard InChI is InChI=1S/C21H20N4O/c1-16-20(21(26)25(23-16)19-7-4-3-5-8-19)15-17-9-11-18(12-10-17)24(2)14-6-13-22/h3-5,7-12,15,23H,1,6,14H2,2H3/b20-15-. The zero-order valence-electron chi connectivity index (χ0n) is 14.6. The molecule has 0 atom stereocenters. The van der Waals surface area contributed by atoms with Crippen molar-refractivity contribution < 1.29 is 0 Å². The number of hydrogen-bond acceptors (Lipinski definition) is 3. The fraction of sp³-hybridized carbons (Fsp3) is 0.143. The predicted octanol–water partition coefficient (Wildman–Crippen LogP) is 1.75. The van der Waals surface area contributed by atoms with Crippen LogP contribution in [-0.4, -0.2) is 23.4 Å². The molecular weight excluding hydrogens is 324 g/mol. The van der Waals surface area contributed by atoms with E-state index in [0.29, 0.717) is 23.5 Å². The molecule has 0 unspecified atom stereocenters. The number of H-pyrrole nitrogens is 1. The normalized spacial score (nSPS) is 11.3. The summed E-state index contributed by atoms with van der Waals surface area (Å²) in [5.41, 5.74) is 2.60. The van der Waals surface area contributed by atoms with Gasteiger partial charge in [0.2, 0.25) is 0 Å². The molecule has 0 saturated carbocycles. The first-order valence-corrected chi connectivity index (χ1v) is 8.35. The van der Waals surface area contributed by atoms with Crippen LogP contribution in [0, 0.1) is 11.3 Å². The molecule has 5 nitrogen and oxygen atoms in total. The van der Waals surface area contributed by atoms with Crippen molar-refractivity contribution in [2.45, 2.75) is 6.42 Å². The van der Waals surface area contributed by atoms with Crippen LogP contribution >= 0.6 is 0 Å². The quantitative estimate of drug-likeness (QED) is 0.767. The molecule has 0 radical (unpaired) electrons. The molecule has 0 fully saturated rings. The van der Waals surface area contributed by atoms with Crippen LogP contribution in [0.15, 0.2) is 59.4 Å². The topological polar surface area (TPSA) is 64.8 Å². The summed E-state index contributed by atoms with van der Waals surface area (Å²) in [7, 11) is 1.95. The Morgan fingerprint density at radius 1 is 1.19 bits per heavy atom. The van der Waals surface area contributed by atoms with Gasteiger partial charge < -0.3 is 4.90 Å². The first kappa shape index (κ1) is 17.3. The van der Waals surface area contributed by atoms with E-state index in [1.165, 1.54) is 4.68 Å². The van der Waals surface area contributed by atoms with Gasteiger partial charge in [0.25, 0.3) is 5.56 Å². The molecule has 0 bridgehead atoms. The molecule has 26 heavy (non-hydrogen) atoms. The van der Waals surface area contributed by atoms with Crippen molar-refractivity contribution in [3.8, 4) is 11.8 Å². The van der Waals surface area contributed by atoms with Gasteiger partial charge in [-0.2, -0.15) is 5.26 Å². The molecule has 0 aliphatic rings. The molecule has 2 aromatic carbocycles. The number of nitriles is 1. The molecule has 130 valence electrons. The number of anilines is 1. The Hall–Kier alpha value is -3.52. The van der Waals surface area contributed by atoms with Crippen LogP contribution in [0.2, 0.25) is 0 Å². The average Bonchev–Trinajstić information content (AvgIpc) is 2.95. The average molecular weight is 344 g/mol. The van der Waals surface area contributed by atoms with E-state index in [0.717, 1.165) is 16.9 Å². The molecule has 1 aromatic heterocycles. The van der Waals surface area contributed by atoms with Crippen LogP contribution in [0.4, 0.5) is 5.69 Å². The maximum atomic E-state index is 12.7. The maximum absolute atomic E-state index is 12.7. The predicted molar refractivity (Wildman–Crippen MR) is 105 cm³/mol. The minimum absolute atomic E-state index is 0.128. The second-order valence-corrected chi connectivity index (χ2v) is 6.05. The third-order valence-electron chi connectivity index (χ3n) is 4.22. The molecule has 0 aliphatic carbocycles. The summed E-state index contributed by atoms with van der Waals surface area (Å²) in [5, 5.41) is 12.8. The van der Waals surface area contributed by atoms with Crippen LogP contribution in [0.5, 0.6) is 0 Å². The Morgan fingerprint density at radius 2 is 1.88 bits per heavy atom. The summed E-state index contributed by atoms with van der Waals surface area (Å²) in [6.45, 7) is 4.64. The zero-order chi connectivity index (χ0) is 18.5. The van der Waals surface area contributed by atoms with E-state index in [2.05, 4.69) is 17.7 Å². The number of aromatic amines is 1. The summed E-state index contributed by atoms with van der Waals surface area (Å²) in [4.78, 5) is 14.7. The Labute approximate surface area is 151 Å². The SMILES string of the molecule is C=c1[nH]n(-c2ccccc2)c(=O)/c1=C\c1ccc(N(C)CCC#N)cc1. The number of nitrogens with one attached hydrogen (secondary N) is 1. The molecule has 0 saturated heterocycles. The number of aromatic nitrogens is 2. The summed E-state index contributed by atoms with van der Waals surface area (Å²) < 4.78 is 1.50. The molecule has 0 amide bonds. The van der Waals surface area contributed by atoms with E-state index in [-0.39, 0.29) is 5.56 Å². The van der Waals surface area contributed by atoms with Gasteiger partial charge in [-0.1, -0.05) is 36.9 Å². The monoisotopic (exact) mass is 344 g/mol. The lowest BCUT2D eigenvalue weighted by molar-refractivity contribution is 0.838. The number of para-hydroxylation sites is 1. The van der Waals surface area contributed by atoms with E-state index < -0.39 is 0 Å². The molecule has 1 N–H and O–H groups in total. The number of nitrogens with zero attached hydrogens (tertiary/aromatic N) is 3. The second kappa shape index (κ2) is 7.58. The molecule has 0 aliphatic heterocycles. The molecule has 5 heteroatoms. The molecule has 0 spiro atoms. The zero-order valence-corrected chi connectivity index (χ0v) is 14.6. The van der Waals surface area contributed by atoms with Gasteiger partial charge in [0, 0.05) is 19.3 Å². The van der Waals surface area contributed by atoms with Crippen molar-refractivity contribution in [2.75, 3.05) is 18.5 Å². The summed E-state index contributed by atoms with van der Waals surface area (Å²) in [5.74, 6) is 0. The van der Waals surface area contributed by atoms with Gasteiger partial charge in [-0.15, -0.1) is 0 Å². The van der Waals surface area contributed by atoms with Crippen LogP contribution < -0.4 is 21.0 Å². The fourth-order valence-corrected chi connectivity index (χ4v) is 2.74. The Morgan fingerprint density at radius 3 is 2.54 bits per heavy atom. The third-order valence-corrected chi connectivity index (χ3v) is 4.22. The largest absolute Gasteiger partial charge is 0.374 e.